The lowest BCUT2D eigenvalue weighted by molar-refractivity contribution is 0.181. The van der Waals surface area contributed by atoms with Crippen LogP contribution in [0.2, 0.25) is 5.02 Å². The number of nitrogens with zero attached hydrogens (tertiary/aromatic N) is 2. The predicted molar refractivity (Wildman–Crippen MR) is 108 cm³/mol. The van der Waals surface area contributed by atoms with Crippen LogP contribution in [-0.4, -0.2) is 57.0 Å². The second-order valence-electron chi connectivity index (χ2n) is 6.93. The number of halogens is 1. The number of benzene rings is 2. The molecule has 2 aliphatic heterocycles. The van der Waals surface area contributed by atoms with Crippen LogP contribution in [0.25, 0.3) is 0 Å². The van der Waals surface area contributed by atoms with E-state index in [0.717, 1.165) is 23.6 Å². The fraction of sp³-hybridized carbons (Fsp3) is 0.400. The molecule has 1 fully saturated rings. The lowest BCUT2D eigenvalue weighted by atomic mass is 10.2. The summed E-state index contributed by atoms with van der Waals surface area (Å²) in [7, 11) is -3.57. The first kappa shape index (κ1) is 19.5. The van der Waals surface area contributed by atoms with E-state index in [1.807, 2.05) is 24.3 Å². The third-order valence-corrected chi connectivity index (χ3v) is 7.30. The molecule has 0 spiro atoms. The van der Waals surface area contributed by atoms with Gasteiger partial charge in [0.25, 0.3) is 0 Å². The van der Waals surface area contributed by atoms with E-state index in [2.05, 4.69) is 4.90 Å². The number of sulfonamides is 1. The second-order valence-corrected chi connectivity index (χ2v) is 9.28. The minimum absolute atomic E-state index is 0.247. The van der Waals surface area contributed by atoms with Crippen molar-refractivity contribution in [2.24, 2.45) is 0 Å². The van der Waals surface area contributed by atoms with Gasteiger partial charge in [0.05, 0.1) is 18.1 Å². The van der Waals surface area contributed by atoms with Crippen molar-refractivity contribution in [1.82, 2.24) is 9.21 Å². The van der Waals surface area contributed by atoms with Crippen LogP contribution in [0, 0.1) is 0 Å². The molecule has 28 heavy (non-hydrogen) atoms. The lowest BCUT2D eigenvalue weighted by Gasteiger charge is -2.34. The summed E-state index contributed by atoms with van der Waals surface area (Å²) in [5.41, 5.74) is 1.06. The van der Waals surface area contributed by atoms with E-state index in [1.54, 1.807) is 18.2 Å². The molecule has 2 aromatic rings. The molecule has 2 heterocycles. The first-order chi connectivity index (χ1) is 13.5. The molecule has 4 rings (SSSR count). The number of hydrogen-bond donors (Lipinski definition) is 0. The van der Waals surface area contributed by atoms with Gasteiger partial charge in [0.15, 0.2) is 11.5 Å². The van der Waals surface area contributed by atoms with E-state index >= 15 is 0 Å². The summed E-state index contributed by atoms with van der Waals surface area (Å²) < 4.78 is 38.9. The normalized spacial score (nSPS) is 18.6. The summed E-state index contributed by atoms with van der Waals surface area (Å²) in [5.74, 6) is 1.09. The minimum atomic E-state index is -3.57. The summed E-state index contributed by atoms with van der Waals surface area (Å²) in [6, 6.07) is 12.6. The topological polar surface area (TPSA) is 59.1 Å². The van der Waals surface area contributed by atoms with Gasteiger partial charge in [0.2, 0.25) is 10.0 Å². The molecule has 2 aromatic carbocycles. The number of rotatable bonds is 4. The van der Waals surface area contributed by atoms with Crippen molar-refractivity contribution in [2.45, 2.75) is 17.9 Å². The first-order valence-electron chi connectivity index (χ1n) is 9.39. The molecule has 0 bridgehead atoms. The van der Waals surface area contributed by atoms with E-state index < -0.39 is 10.0 Å². The first-order valence-corrected chi connectivity index (χ1v) is 11.2. The summed E-state index contributed by atoms with van der Waals surface area (Å²) in [4.78, 5) is 2.47. The van der Waals surface area contributed by atoms with Crippen molar-refractivity contribution >= 4 is 21.6 Å². The summed E-state index contributed by atoms with van der Waals surface area (Å²) in [6.07, 6.45) is 0.782. The standard InChI is InChI=1S/C20H23ClN2O4S/c21-18-5-2-1-4-16(18)15-22-8-10-23(11-9-22)28(24,25)17-6-7-19-20(14-17)27-13-3-12-26-19/h1-2,4-7,14H,3,8-13,15H2. The van der Waals surface area contributed by atoms with Crippen molar-refractivity contribution in [3.63, 3.8) is 0 Å². The third-order valence-electron chi connectivity index (χ3n) is 5.04. The summed E-state index contributed by atoms with van der Waals surface area (Å²) in [6.45, 7) is 4.04. The molecule has 0 radical (unpaired) electrons. The molecule has 0 aliphatic carbocycles. The molecule has 1 saturated heterocycles. The van der Waals surface area contributed by atoms with Gasteiger partial charge in [0.1, 0.15) is 0 Å². The van der Waals surface area contributed by atoms with Gasteiger partial charge >= 0.3 is 0 Å². The molecule has 150 valence electrons. The van der Waals surface area contributed by atoms with Crippen molar-refractivity contribution < 1.29 is 17.9 Å². The SMILES string of the molecule is O=S(=O)(c1ccc2c(c1)OCCCO2)N1CCN(Cc2ccccc2Cl)CC1. The highest BCUT2D eigenvalue weighted by molar-refractivity contribution is 7.89. The zero-order chi connectivity index (χ0) is 19.6. The van der Waals surface area contributed by atoms with Crippen LogP contribution in [0.3, 0.4) is 0 Å². The van der Waals surface area contributed by atoms with Crippen LogP contribution in [0.5, 0.6) is 11.5 Å². The van der Waals surface area contributed by atoms with Crippen molar-refractivity contribution in [2.75, 3.05) is 39.4 Å². The minimum Gasteiger partial charge on any atom is -0.490 e. The Morgan fingerprint density at radius 1 is 0.929 bits per heavy atom. The Bertz CT molecular complexity index is 943. The van der Waals surface area contributed by atoms with E-state index in [4.69, 9.17) is 21.1 Å². The quantitative estimate of drug-likeness (QED) is 0.758. The monoisotopic (exact) mass is 422 g/mol. The molecule has 0 aromatic heterocycles. The van der Waals surface area contributed by atoms with E-state index in [0.29, 0.717) is 50.9 Å². The molecule has 0 saturated carbocycles. The van der Waals surface area contributed by atoms with Crippen molar-refractivity contribution in [3.8, 4) is 11.5 Å². The van der Waals surface area contributed by atoms with E-state index in [1.165, 1.54) is 4.31 Å². The van der Waals surface area contributed by atoms with Gasteiger partial charge < -0.3 is 9.47 Å². The molecule has 6 nitrogen and oxygen atoms in total. The van der Waals surface area contributed by atoms with Crippen LogP contribution < -0.4 is 9.47 Å². The molecule has 0 amide bonds. The fourth-order valence-corrected chi connectivity index (χ4v) is 5.08. The molecule has 8 heteroatoms. The fourth-order valence-electron chi connectivity index (χ4n) is 3.45. The maximum absolute atomic E-state index is 13.1. The zero-order valence-electron chi connectivity index (χ0n) is 15.5. The highest BCUT2D eigenvalue weighted by Gasteiger charge is 2.29. The van der Waals surface area contributed by atoms with Crippen LogP contribution in [0.15, 0.2) is 47.4 Å². The van der Waals surface area contributed by atoms with Crippen LogP contribution in [-0.2, 0) is 16.6 Å². The Hall–Kier alpha value is -1.80. The second kappa shape index (κ2) is 8.29. The van der Waals surface area contributed by atoms with Gasteiger partial charge in [-0.2, -0.15) is 4.31 Å². The Labute approximate surface area is 170 Å². The molecule has 0 unspecified atom stereocenters. The Kier molecular flexibility index (Phi) is 5.78. The average Bonchev–Trinajstić information content (AvgIpc) is 2.95. The summed E-state index contributed by atoms with van der Waals surface area (Å²) in [5, 5.41) is 0.741. The highest BCUT2D eigenvalue weighted by Crippen LogP contribution is 2.33. The van der Waals surface area contributed by atoms with E-state index in [9.17, 15) is 8.42 Å². The molecule has 2 aliphatic rings. The molecule has 0 N–H and O–H groups in total. The maximum atomic E-state index is 13.1. The zero-order valence-corrected chi connectivity index (χ0v) is 17.1. The Morgan fingerprint density at radius 3 is 2.39 bits per heavy atom. The van der Waals surface area contributed by atoms with Crippen molar-refractivity contribution in [3.05, 3.63) is 53.1 Å². The van der Waals surface area contributed by atoms with Crippen LogP contribution in [0.4, 0.5) is 0 Å². The van der Waals surface area contributed by atoms with Gasteiger partial charge in [0, 0.05) is 50.2 Å². The third kappa shape index (κ3) is 4.12. The largest absolute Gasteiger partial charge is 0.490 e. The predicted octanol–water partition coefficient (Wildman–Crippen LogP) is 3.01. The summed E-state index contributed by atoms with van der Waals surface area (Å²) >= 11 is 6.24. The molecular weight excluding hydrogens is 400 g/mol. The lowest BCUT2D eigenvalue weighted by Crippen LogP contribution is -2.48. The van der Waals surface area contributed by atoms with Gasteiger partial charge in [-0.05, 0) is 23.8 Å². The van der Waals surface area contributed by atoms with E-state index in [-0.39, 0.29) is 4.90 Å². The van der Waals surface area contributed by atoms with Gasteiger partial charge in [-0.3, -0.25) is 4.90 Å². The Balaban J connectivity index is 1.44. The molecule has 0 atom stereocenters. The number of piperazine rings is 1. The van der Waals surface area contributed by atoms with Crippen molar-refractivity contribution in [1.29, 1.82) is 0 Å². The molecular formula is C20H23ClN2O4S. The number of fused-ring (bicyclic) bond motifs is 1. The van der Waals surface area contributed by atoms with Gasteiger partial charge in [-0.15, -0.1) is 0 Å². The smallest absolute Gasteiger partial charge is 0.243 e. The van der Waals surface area contributed by atoms with Gasteiger partial charge in [-0.25, -0.2) is 8.42 Å². The number of ether oxygens (including phenoxy) is 2. The number of hydrogen-bond acceptors (Lipinski definition) is 5. The van der Waals surface area contributed by atoms with Crippen LogP contribution in [0.1, 0.15) is 12.0 Å². The average molecular weight is 423 g/mol. The van der Waals surface area contributed by atoms with Crippen LogP contribution >= 0.6 is 11.6 Å². The Morgan fingerprint density at radius 2 is 1.64 bits per heavy atom. The van der Waals surface area contributed by atoms with Gasteiger partial charge in [-0.1, -0.05) is 29.8 Å². The maximum Gasteiger partial charge on any atom is 0.243 e. The highest BCUT2D eigenvalue weighted by atomic mass is 35.5.